The number of nitrogens with two attached hydrogens (primary N) is 1. The smallest absolute Gasteiger partial charge is 0.271 e. The Hall–Kier alpha value is -2.16. The first-order valence-electron chi connectivity index (χ1n) is 6.53. The van der Waals surface area contributed by atoms with Gasteiger partial charge in [0.15, 0.2) is 6.10 Å². The summed E-state index contributed by atoms with van der Waals surface area (Å²) >= 11 is 0. The van der Waals surface area contributed by atoms with Crippen molar-refractivity contribution >= 4 is 5.91 Å². The Morgan fingerprint density at radius 3 is 2.52 bits per heavy atom. The molecular formula is C15H18F2N2O2. The van der Waals surface area contributed by atoms with E-state index in [0.717, 1.165) is 6.07 Å². The van der Waals surface area contributed by atoms with Crippen LogP contribution in [-0.2, 0) is 10.7 Å². The molecule has 2 N–H and O–H groups in total. The van der Waals surface area contributed by atoms with Crippen LogP contribution in [0.2, 0.25) is 0 Å². The molecule has 4 nitrogen and oxygen atoms in total. The summed E-state index contributed by atoms with van der Waals surface area (Å²) in [6.07, 6.45) is -0.510. The number of rotatable bonds is 6. The van der Waals surface area contributed by atoms with Crippen molar-refractivity contribution in [1.29, 1.82) is 5.26 Å². The third-order valence-electron chi connectivity index (χ3n) is 2.87. The van der Waals surface area contributed by atoms with Crippen molar-refractivity contribution in [3.8, 4) is 11.8 Å². The van der Waals surface area contributed by atoms with Gasteiger partial charge < -0.3 is 10.5 Å². The van der Waals surface area contributed by atoms with Gasteiger partial charge in [0.25, 0.3) is 11.8 Å². The molecule has 0 aliphatic carbocycles. The molecule has 0 fully saturated rings. The van der Waals surface area contributed by atoms with Crippen molar-refractivity contribution in [2.45, 2.75) is 39.2 Å². The predicted molar refractivity (Wildman–Crippen MR) is 73.8 cm³/mol. The molecule has 1 aromatic carbocycles. The fourth-order valence-corrected chi connectivity index (χ4v) is 1.87. The Morgan fingerprint density at radius 1 is 1.48 bits per heavy atom. The van der Waals surface area contributed by atoms with Crippen LogP contribution in [0.4, 0.5) is 8.78 Å². The standard InChI is InChI=1S/C15H18F2N2O2/c1-9(2)6-13(14(19)20)21-11-5-4-10(8-18)12(7-11)15(3,16)17/h4-5,7,9,13H,6H2,1-3H3,(H2,19,20). The summed E-state index contributed by atoms with van der Waals surface area (Å²) in [6, 6.07) is 5.41. The second-order valence-corrected chi connectivity index (χ2v) is 5.35. The number of hydrogen-bond acceptors (Lipinski definition) is 3. The van der Waals surface area contributed by atoms with Gasteiger partial charge in [-0.2, -0.15) is 5.26 Å². The first-order valence-corrected chi connectivity index (χ1v) is 6.53. The highest BCUT2D eigenvalue weighted by atomic mass is 19.3. The first kappa shape index (κ1) is 16.9. The van der Waals surface area contributed by atoms with Crippen LogP contribution in [0, 0.1) is 17.2 Å². The molecule has 0 radical (unpaired) electrons. The maximum Gasteiger partial charge on any atom is 0.271 e. The molecule has 0 spiro atoms. The van der Waals surface area contributed by atoms with Crippen molar-refractivity contribution < 1.29 is 18.3 Å². The zero-order chi connectivity index (χ0) is 16.2. The molecule has 0 aliphatic rings. The van der Waals surface area contributed by atoms with Crippen molar-refractivity contribution in [2.75, 3.05) is 0 Å². The molecule has 0 bridgehead atoms. The quantitative estimate of drug-likeness (QED) is 0.876. The van der Waals surface area contributed by atoms with Gasteiger partial charge in [-0.15, -0.1) is 0 Å². The lowest BCUT2D eigenvalue weighted by Gasteiger charge is -2.19. The lowest BCUT2D eigenvalue weighted by Crippen LogP contribution is -2.35. The molecule has 0 saturated heterocycles. The Morgan fingerprint density at radius 2 is 2.10 bits per heavy atom. The van der Waals surface area contributed by atoms with Crippen molar-refractivity contribution in [3.05, 3.63) is 29.3 Å². The van der Waals surface area contributed by atoms with Gasteiger partial charge >= 0.3 is 0 Å². The van der Waals surface area contributed by atoms with Gasteiger partial charge in [-0.3, -0.25) is 4.79 Å². The number of carbonyl (C=O) groups is 1. The zero-order valence-corrected chi connectivity index (χ0v) is 12.2. The number of alkyl halides is 2. The van der Waals surface area contributed by atoms with E-state index in [9.17, 15) is 13.6 Å². The van der Waals surface area contributed by atoms with Gasteiger partial charge in [-0.1, -0.05) is 13.8 Å². The summed E-state index contributed by atoms with van der Waals surface area (Å²) < 4.78 is 32.4. The lowest BCUT2D eigenvalue weighted by molar-refractivity contribution is -0.125. The van der Waals surface area contributed by atoms with E-state index < -0.39 is 23.5 Å². The maximum absolute atomic E-state index is 13.5. The Labute approximate surface area is 122 Å². The summed E-state index contributed by atoms with van der Waals surface area (Å²) in [5.74, 6) is -3.58. The Balaban J connectivity index is 3.09. The molecule has 21 heavy (non-hydrogen) atoms. The third-order valence-corrected chi connectivity index (χ3v) is 2.87. The average molecular weight is 296 g/mol. The maximum atomic E-state index is 13.5. The van der Waals surface area contributed by atoms with Crippen LogP contribution in [0.1, 0.15) is 38.3 Å². The third kappa shape index (κ3) is 4.71. The summed E-state index contributed by atoms with van der Waals surface area (Å²) in [6.45, 7) is 4.49. The van der Waals surface area contributed by atoms with Crippen molar-refractivity contribution in [1.82, 2.24) is 0 Å². The molecule has 1 rings (SSSR count). The van der Waals surface area contributed by atoms with Crippen LogP contribution in [-0.4, -0.2) is 12.0 Å². The molecular weight excluding hydrogens is 278 g/mol. The normalized spacial score (nSPS) is 12.8. The van der Waals surface area contributed by atoms with E-state index in [4.69, 9.17) is 15.7 Å². The van der Waals surface area contributed by atoms with Crippen molar-refractivity contribution in [3.63, 3.8) is 0 Å². The minimum atomic E-state index is -3.18. The highest BCUT2D eigenvalue weighted by Gasteiger charge is 2.29. The van der Waals surface area contributed by atoms with Crippen LogP contribution >= 0.6 is 0 Å². The first-order chi connectivity index (χ1) is 9.65. The number of hydrogen-bond donors (Lipinski definition) is 1. The number of nitriles is 1. The van der Waals surface area contributed by atoms with Gasteiger partial charge in [0.2, 0.25) is 0 Å². The van der Waals surface area contributed by atoms with Crippen LogP contribution in [0.15, 0.2) is 18.2 Å². The molecule has 6 heteroatoms. The number of carbonyl (C=O) groups excluding carboxylic acids is 1. The number of halogens is 2. The summed E-state index contributed by atoms with van der Waals surface area (Å²) in [5, 5.41) is 8.86. The van der Waals surface area contributed by atoms with Crippen LogP contribution in [0.3, 0.4) is 0 Å². The fraction of sp³-hybridized carbons (Fsp3) is 0.467. The molecule has 114 valence electrons. The molecule has 1 aromatic rings. The summed E-state index contributed by atoms with van der Waals surface area (Å²) in [5.41, 5.74) is 4.68. The van der Waals surface area contributed by atoms with Gasteiger partial charge in [-0.25, -0.2) is 8.78 Å². The highest BCUT2D eigenvalue weighted by molar-refractivity contribution is 5.79. The monoisotopic (exact) mass is 296 g/mol. The highest BCUT2D eigenvalue weighted by Crippen LogP contribution is 2.32. The Bertz CT molecular complexity index is 560. The number of ether oxygens (including phenoxy) is 1. The summed E-state index contributed by atoms with van der Waals surface area (Å²) in [7, 11) is 0. The van der Waals surface area contributed by atoms with Gasteiger partial charge in [0, 0.05) is 12.5 Å². The van der Waals surface area contributed by atoms with Crippen LogP contribution in [0.5, 0.6) is 5.75 Å². The molecule has 0 aromatic heterocycles. The second-order valence-electron chi connectivity index (χ2n) is 5.35. The molecule has 1 unspecified atom stereocenters. The van der Waals surface area contributed by atoms with E-state index in [2.05, 4.69) is 0 Å². The molecule has 1 amide bonds. The average Bonchev–Trinajstić information content (AvgIpc) is 2.36. The van der Waals surface area contributed by atoms with E-state index in [0.29, 0.717) is 13.3 Å². The number of amides is 1. The minimum Gasteiger partial charge on any atom is -0.481 e. The lowest BCUT2D eigenvalue weighted by atomic mass is 10.0. The Kier molecular flexibility index (Phi) is 5.25. The number of benzene rings is 1. The number of primary amides is 1. The van der Waals surface area contributed by atoms with Crippen LogP contribution in [0.25, 0.3) is 0 Å². The minimum absolute atomic E-state index is 0.0926. The largest absolute Gasteiger partial charge is 0.481 e. The molecule has 1 atom stereocenters. The molecule has 0 aliphatic heterocycles. The van der Waals surface area contributed by atoms with Gasteiger partial charge in [-0.05, 0) is 30.5 Å². The topological polar surface area (TPSA) is 76.1 Å². The van der Waals surface area contributed by atoms with Gasteiger partial charge in [0.1, 0.15) is 5.75 Å². The zero-order valence-electron chi connectivity index (χ0n) is 12.2. The van der Waals surface area contributed by atoms with E-state index in [1.54, 1.807) is 6.07 Å². The van der Waals surface area contributed by atoms with Crippen molar-refractivity contribution in [2.24, 2.45) is 11.7 Å². The van der Waals surface area contributed by atoms with E-state index in [-0.39, 0.29) is 17.2 Å². The summed E-state index contributed by atoms with van der Waals surface area (Å²) in [4.78, 5) is 11.3. The second kappa shape index (κ2) is 6.53. The van der Waals surface area contributed by atoms with Crippen LogP contribution < -0.4 is 10.5 Å². The predicted octanol–water partition coefficient (Wildman–Crippen LogP) is 2.95. The number of nitrogens with zero attached hydrogens (tertiary/aromatic N) is 1. The molecule has 0 saturated carbocycles. The fourth-order valence-electron chi connectivity index (χ4n) is 1.87. The van der Waals surface area contributed by atoms with E-state index >= 15 is 0 Å². The van der Waals surface area contributed by atoms with E-state index in [1.807, 2.05) is 13.8 Å². The van der Waals surface area contributed by atoms with E-state index in [1.165, 1.54) is 12.1 Å². The van der Waals surface area contributed by atoms with Gasteiger partial charge in [0.05, 0.1) is 11.6 Å². The molecule has 0 heterocycles. The SMILES string of the molecule is CC(C)CC(Oc1ccc(C#N)c(C(C)(F)F)c1)C(N)=O.